The molecule has 172 valence electrons. The number of rotatable bonds is 6. The summed E-state index contributed by atoms with van der Waals surface area (Å²) in [4.78, 5) is 13.0. The summed E-state index contributed by atoms with van der Waals surface area (Å²) in [7, 11) is 1.59. The number of hydrogen-bond acceptors (Lipinski definition) is 4. The summed E-state index contributed by atoms with van der Waals surface area (Å²) < 4.78 is 7.12. The fourth-order valence-electron chi connectivity index (χ4n) is 3.92. The number of carbonyl (C=O) groups is 1. The number of ether oxygens (including phenoxy) is 1. The summed E-state index contributed by atoms with van der Waals surface area (Å²) in [5, 5.41) is 11.0. The van der Waals surface area contributed by atoms with Crippen LogP contribution in [0.3, 0.4) is 0 Å². The molecule has 0 atom stereocenters. The van der Waals surface area contributed by atoms with Crippen LogP contribution in [0.25, 0.3) is 27.7 Å². The molecule has 0 radical (unpaired) electrons. The lowest BCUT2D eigenvalue weighted by atomic mass is 10.0. The normalized spacial score (nSPS) is 11.1. The molecule has 6 heteroatoms. The number of fused-ring (bicyclic) bond motifs is 1. The van der Waals surface area contributed by atoms with Crippen LogP contribution in [0.15, 0.2) is 102 Å². The second-order valence-corrected chi connectivity index (χ2v) is 8.17. The molecule has 0 fully saturated rings. The number of benzene rings is 4. The molecule has 35 heavy (non-hydrogen) atoms. The Labute approximate surface area is 203 Å². The molecule has 6 nitrogen and oxygen atoms in total. The van der Waals surface area contributed by atoms with Gasteiger partial charge in [-0.25, -0.2) is 10.1 Å². The molecule has 1 N–H and O–H groups in total. The average Bonchev–Trinajstić information content (AvgIpc) is 3.35. The third-order valence-corrected chi connectivity index (χ3v) is 5.77. The Morgan fingerprint density at radius 1 is 0.914 bits per heavy atom. The fourth-order valence-corrected chi connectivity index (χ4v) is 3.92. The van der Waals surface area contributed by atoms with Gasteiger partial charge in [0.05, 0.1) is 24.7 Å². The highest BCUT2D eigenvalue weighted by atomic mass is 16.5. The maximum atomic E-state index is 13.0. The molecule has 0 saturated heterocycles. The molecular formula is C29H24N4O2. The minimum absolute atomic E-state index is 0.269. The Bertz CT molecular complexity index is 1530. The van der Waals surface area contributed by atoms with Gasteiger partial charge in [-0.1, -0.05) is 66.2 Å². The van der Waals surface area contributed by atoms with Gasteiger partial charge in [-0.3, -0.25) is 4.79 Å². The first-order valence-corrected chi connectivity index (χ1v) is 11.2. The minimum Gasteiger partial charge on any atom is -0.496 e. The standard InChI is InChI=1S/C29H24N4O2/c1-20-11-15-25(16-12-20)33-27(23-14-13-21-7-3-4-8-22(21)17-23)18-26(32-33)29(34)31-30-19-24-9-5-6-10-28(24)35-2/h3-19H,1-2H3,(H,31,34)/b30-19-. The van der Waals surface area contributed by atoms with Crippen molar-refractivity contribution in [2.24, 2.45) is 5.10 Å². The van der Waals surface area contributed by atoms with Gasteiger partial charge in [0, 0.05) is 11.1 Å². The monoisotopic (exact) mass is 460 g/mol. The lowest BCUT2D eigenvalue weighted by molar-refractivity contribution is 0.0949. The average molecular weight is 461 g/mol. The Morgan fingerprint density at radius 2 is 1.66 bits per heavy atom. The number of para-hydroxylation sites is 1. The van der Waals surface area contributed by atoms with Crippen LogP contribution in [0.4, 0.5) is 0 Å². The number of amides is 1. The van der Waals surface area contributed by atoms with E-state index < -0.39 is 5.91 Å². The van der Waals surface area contributed by atoms with Gasteiger partial charge in [0.15, 0.2) is 5.69 Å². The Hall–Kier alpha value is -4.71. The van der Waals surface area contributed by atoms with Crippen LogP contribution >= 0.6 is 0 Å². The molecule has 0 saturated carbocycles. The van der Waals surface area contributed by atoms with E-state index in [1.165, 1.54) is 0 Å². The highest BCUT2D eigenvalue weighted by Gasteiger charge is 2.17. The molecule has 0 bridgehead atoms. The number of aryl methyl sites for hydroxylation is 1. The second kappa shape index (κ2) is 9.65. The Morgan fingerprint density at radius 3 is 2.46 bits per heavy atom. The van der Waals surface area contributed by atoms with E-state index in [0.29, 0.717) is 5.75 Å². The number of hydrogen-bond donors (Lipinski definition) is 1. The zero-order valence-electron chi connectivity index (χ0n) is 19.5. The van der Waals surface area contributed by atoms with Crippen molar-refractivity contribution in [3.8, 4) is 22.7 Å². The number of hydrazone groups is 1. The van der Waals surface area contributed by atoms with Crippen molar-refractivity contribution in [2.45, 2.75) is 6.92 Å². The van der Waals surface area contributed by atoms with Gasteiger partial charge in [-0.05, 0) is 54.1 Å². The van der Waals surface area contributed by atoms with Gasteiger partial charge >= 0.3 is 0 Å². The molecule has 4 aromatic carbocycles. The van der Waals surface area contributed by atoms with Crippen molar-refractivity contribution < 1.29 is 9.53 Å². The zero-order chi connectivity index (χ0) is 24.2. The Kier molecular flexibility index (Phi) is 6.09. The summed E-state index contributed by atoms with van der Waals surface area (Å²) in [5.41, 5.74) is 7.42. The van der Waals surface area contributed by atoms with E-state index in [9.17, 15) is 4.79 Å². The van der Waals surface area contributed by atoms with E-state index in [2.05, 4.69) is 39.9 Å². The maximum absolute atomic E-state index is 13.0. The third-order valence-electron chi connectivity index (χ3n) is 5.77. The topological polar surface area (TPSA) is 68.5 Å². The highest BCUT2D eigenvalue weighted by molar-refractivity contribution is 5.95. The second-order valence-electron chi connectivity index (χ2n) is 8.17. The van der Waals surface area contributed by atoms with Gasteiger partial charge in [0.25, 0.3) is 5.91 Å². The van der Waals surface area contributed by atoms with E-state index in [1.807, 2.05) is 73.7 Å². The number of nitrogens with zero attached hydrogens (tertiary/aromatic N) is 3. The van der Waals surface area contributed by atoms with Crippen molar-refractivity contribution in [3.63, 3.8) is 0 Å². The highest BCUT2D eigenvalue weighted by Crippen LogP contribution is 2.28. The van der Waals surface area contributed by atoms with Gasteiger partial charge in [-0.2, -0.15) is 10.2 Å². The van der Waals surface area contributed by atoms with Crippen LogP contribution in [0.2, 0.25) is 0 Å². The van der Waals surface area contributed by atoms with E-state index in [0.717, 1.165) is 38.8 Å². The fraction of sp³-hybridized carbons (Fsp3) is 0.0690. The molecule has 1 aromatic heterocycles. The van der Waals surface area contributed by atoms with Crippen LogP contribution in [0.1, 0.15) is 21.6 Å². The van der Waals surface area contributed by atoms with E-state index in [1.54, 1.807) is 24.1 Å². The molecule has 5 rings (SSSR count). The first-order valence-electron chi connectivity index (χ1n) is 11.2. The van der Waals surface area contributed by atoms with E-state index in [4.69, 9.17) is 4.74 Å². The number of methoxy groups -OCH3 is 1. The van der Waals surface area contributed by atoms with Crippen LogP contribution in [0.5, 0.6) is 5.75 Å². The quantitative estimate of drug-likeness (QED) is 0.258. The first-order chi connectivity index (χ1) is 17.1. The summed E-state index contributed by atoms with van der Waals surface area (Å²) in [6, 6.07) is 31.7. The van der Waals surface area contributed by atoms with Gasteiger partial charge in [-0.15, -0.1) is 0 Å². The van der Waals surface area contributed by atoms with Crippen molar-refractivity contribution >= 4 is 22.9 Å². The molecule has 5 aromatic rings. The van der Waals surface area contributed by atoms with Gasteiger partial charge < -0.3 is 4.74 Å². The Balaban J connectivity index is 1.50. The molecule has 1 amide bonds. The summed E-state index contributed by atoms with van der Waals surface area (Å²) in [6.45, 7) is 2.04. The smallest absolute Gasteiger partial charge is 0.291 e. The molecule has 0 aliphatic heterocycles. The van der Waals surface area contributed by atoms with Crippen LogP contribution < -0.4 is 10.2 Å². The van der Waals surface area contributed by atoms with Crippen LogP contribution in [-0.2, 0) is 0 Å². The molecule has 0 unspecified atom stereocenters. The lowest BCUT2D eigenvalue weighted by Crippen LogP contribution is -2.18. The van der Waals surface area contributed by atoms with Gasteiger partial charge in [0.1, 0.15) is 5.75 Å². The van der Waals surface area contributed by atoms with Crippen molar-refractivity contribution in [1.29, 1.82) is 0 Å². The zero-order valence-corrected chi connectivity index (χ0v) is 19.5. The van der Waals surface area contributed by atoms with Crippen LogP contribution in [-0.4, -0.2) is 29.0 Å². The summed E-state index contributed by atoms with van der Waals surface area (Å²) >= 11 is 0. The van der Waals surface area contributed by atoms with E-state index >= 15 is 0 Å². The van der Waals surface area contributed by atoms with Crippen molar-refractivity contribution in [1.82, 2.24) is 15.2 Å². The SMILES string of the molecule is COc1ccccc1/C=N\NC(=O)c1cc(-c2ccc3ccccc3c2)n(-c2ccc(C)cc2)n1. The van der Waals surface area contributed by atoms with Gasteiger partial charge in [0.2, 0.25) is 0 Å². The molecule has 0 aliphatic carbocycles. The summed E-state index contributed by atoms with van der Waals surface area (Å²) in [6.07, 6.45) is 1.55. The molecule has 0 spiro atoms. The predicted molar refractivity (Wildman–Crippen MR) is 139 cm³/mol. The number of nitrogens with one attached hydrogen (secondary N) is 1. The largest absolute Gasteiger partial charge is 0.496 e. The van der Waals surface area contributed by atoms with Crippen molar-refractivity contribution in [3.05, 3.63) is 114 Å². The van der Waals surface area contributed by atoms with E-state index in [-0.39, 0.29) is 5.69 Å². The first kappa shape index (κ1) is 22.1. The van der Waals surface area contributed by atoms with Crippen LogP contribution in [0, 0.1) is 6.92 Å². The number of carbonyl (C=O) groups excluding carboxylic acids is 1. The minimum atomic E-state index is -0.399. The molecule has 0 aliphatic rings. The predicted octanol–water partition coefficient (Wildman–Crippen LogP) is 5.77. The molecular weight excluding hydrogens is 436 g/mol. The summed E-state index contributed by atoms with van der Waals surface area (Å²) in [5.74, 6) is 0.275. The maximum Gasteiger partial charge on any atom is 0.291 e. The lowest BCUT2D eigenvalue weighted by Gasteiger charge is -2.09. The third kappa shape index (κ3) is 4.68. The van der Waals surface area contributed by atoms with Crippen molar-refractivity contribution in [2.75, 3.05) is 7.11 Å². The molecule has 1 heterocycles. The number of aromatic nitrogens is 2.